The maximum atomic E-state index is 5.27. The molecule has 12 rings (SSSR count). The van der Waals surface area contributed by atoms with Gasteiger partial charge in [0.25, 0.3) is 0 Å². The van der Waals surface area contributed by atoms with E-state index in [0.29, 0.717) is 5.82 Å². The first kappa shape index (κ1) is 36.9. The quantitative estimate of drug-likeness (QED) is 0.167. The summed E-state index contributed by atoms with van der Waals surface area (Å²) in [5, 5.41) is 7.40. The smallest absolute Gasteiger partial charge is 0.160 e. The highest BCUT2D eigenvalue weighted by Gasteiger charge is 2.38. The molecule has 0 fully saturated rings. The van der Waals surface area contributed by atoms with Crippen LogP contribution in [0.1, 0.15) is 25.0 Å². The van der Waals surface area contributed by atoms with Gasteiger partial charge in [-0.05, 0) is 94.0 Å². The average molecular weight is 803 g/mol. The molecular weight excluding hydrogens is 761 g/mol. The normalized spacial score (nSPS) is 12.7. The Balaban J connectivity index is 1.01. The van der Waals surface area contributed by atoms with Crippen LogP contribution in [-0.4, -0.2) is 9.97 Å². The minimum Gasteiger partial charge on any atom is -0.228 e. The molecule has 1 heterocycles. The lowest BCUT2D eigenvalue weighted by Gasteiger charge is -2.22. The molecule has 10 aromatic carbocycles. The van der Waals surface area contributed by atoms with Gasteiger partial charge in [0.1, 0.15) is 0 Å². The third kappa shape index (κ3) is 6.02. The summed E-state index contributed by atoms with van der Waals surface area (Å²) >= 11 is 0. The SMILES string of the molecule is CC1(C)c2cccc(-c3ccc(-c4ccc(-c5cc(-c6ccc(-c7ccccc7)cc6)nc(-c6ccccc6)n5)c5ccccc45)c4ccccc34)c2-c2c1ccc1ccccc21. The molecule has 2 heteroatoms. The van der Waals surface area contributed by atoms with E-state index < -0.39 is 0 Å². The molecule has 2 nitrogen and oxygen atoms in total. The Bertz CT molecular complexity index is 3570. The number of benzene rings is 10. The molecule has 0 aliphatic heterocycles. The van der Waals surface area contributed by atoms with Crippen molar-refractivity contribution in [3.05, 3.63) is 230 Å². The second-order valence-electron chi connectivity index (χ2n) is 17.2. The first-order chi connectivity index (χ1) is 31.0. The largest absolute Gasteiger partial charge is 0.228 e. The van der Waals surface area contributed by atoms with Gasteiger partial charge < -0.3 is 0 Å². The molecule has 1 aliphatic carbocycles. The van der Waals surface area contributed by atoms with Crippen molar-refractivity contribution in [2.45, 2.75) is 19.3 Å². The zero-order valence-electron chi connectivity index (χ0n) is 35.2. The Morgan fingerprint density at radius 2 is 0.778 bits per heavy atom. The fourth-order valence-electron chi connectivity index (χ4n) is 10.2. The molecule has 1 aromatic heterocycles. The van der Waals surface area contributed by atoms with E-state index in [4.69, 9.17) is 9.97 Å². The summed E-state index contributed by atoms with van der Waals surface area (Å²) in [7, 11) is 0. The van der Waals surface area contributed by atoms with Gasteiger partial charge in [0.05, 0.1) is 11.4 Å². The molecule has 0 saturated heterocycles. The zero-order chi connectivity index (χ0) is 42.1. The Morgan fingerprint density at radius 1 is 0.302 bits per heavy atom. The van der Waals surface area contributed by atoms with Crippen LogP contribution in [0.3, 0.4) is 0 Å². The summed E-state index contributed by atoms with van der Waals surface area (Å²) in [6.45, 7) is 4.75. The van der Waals surface area contributed by atoms with Gasteiger partial charge in [-0.15, -0.1) is 0 Å². The summed E-state index contributed by atoms with van der Waals surface area (Å²) in [6.07, 6.45) is 0. The number of hydrogen-bond donors (Lipinski definition) is 0. The summed E-state index contributed by atoms with van der Waals surface area (Å²) in [5.41, 5.74) is 17.6. The number of hydrogen-bond acceptors (Lipinski definition) is 2. The van der Waals surface area contributed by atoms with Crippen molar-refractivity contribution in [3.8, 4) is 78.4 Å². The molecule has 296 valence electrons. The molecule has 63 heavy (non-hydrogen) atoms. The maximum absolute atomic E-state index is 5.27. The molecule has 0 amide bonds. The van der Waals surface area contributed by atoms with Gasteiger partial charge in [0.2, 0.25) is 0 Å². The molecule has 0 N–H and O–H groups in total. The van der Waals surface area contributed by atoms with Crippen LogP contribution in [0.15, 0.2) is 218 Å². The predicted octanol–water partition coefficient (Wildman–Crippen LogP) is 16.2. The topological polar surface area (TPSA) is 25.8 Å². The second-order valence-corrected chi connectivity index (χ2v) is 17.2. The van der Waals surface area contributed by atoms with Crippen LogP contribution in [0.4, 0.5) is 0 Å². The summed E-state index contributed by atoms with van der Waals surface area (Å²) < 4.78 is 0. The van der Waals surface area contributed by atoms with Crippen molar-refractivity contribution in [2.75, 3.05) is 0 Å². The Labute approximate surface area is 367 Å². The van der Waals surface area contributed by atoms with Crippen LogP contribution in [-0.2, 0) is 5.41 Å². The van der Waals surface area contributed by atoms with Gasteiger partial charge in [-0.2, -0.15) is 0 Å². The fourth-order valence-corrected chi connectivity index (χ4v) is 10.2. The molecule has 0 spiro atoms. The second kappa shape index (κ2) is 14.6. The highest BCUT2D eigenvalue weighted by Crippen LogP contribution is 2.55. The molecular formula is C61H42N2. The molecule has 0 radical (unpaired) electrons. The monoisotopic (exact) mass is 802 g/mol. The standard InChI is InChI=1S/C61H42N2/c1-61(2)54-27-15-26-53(59(54)58-44-21-10-9-18-41(44)32-37-55(58)61)51-34-33-49(45-22-11-12-23-46(45)51)50-35-36-52(48-25-14-13-24-47(48)50)57-38-56(62-60(63-57)43-19-7-4-8-20-43)42-30-28-40(29-31-42)39-16-5-3-6-17-39/h3-38H,1-2H3. The van der Waals surface area contributed by atoms with Gasteiger partial charge in [0, 0.05) is 22.1 Å². The number of fused-ring (bicyclic) bond motifs is 7. The van der Waals surface area contributed by atoms with Crippen LogP contribution < -0.4 is 0 Å². The van der Waals surface area contributed by atoms with E-state index in [0.717, 1.165) is 33.5 Å². The van der Waals surface area contributed by atoms with Crippen LogP contribution >= 0.6 is 0 Å². The van der Waals surface area contributed by atoms with Gasteiger partial charge >= 0.3 is 0 Å². The zero-order valence-corrected chi connectivity index (χ0v) is 35.2. The summed E-state index contributed by atoms with van der Waals surface area (Å²) in [4.78, 5) is 10.4. The van der Waals surface area contributed by atoms with E-state index in [9.17, 15) is 0 Å². The van der Waals surface area contributed by atoms with E-state index in [1.54, 1.807) is 0 Å². The average Bonchev–Trinajstić information content (AvgIpc) is 3.60. The first-order valence-electron chi connectivity index (χ1n) is 21.8. The molecule has 0 saturated carbocycles. The number of nitrogens with zero attached hydrogens (tertiary/aromatic N) is 2. The van der Waals surface area contributed by atoms with E-state index in [2.05, 4.69) is 214 Å². The highest BCUT2D eigenvalue weighted by molar-refractivity contribution is 6.14. The van der Waals surface area contributed by atoms with Crippen LogP contribution in [0.5, 0.6) is 0 Å². The van der Waals surface area contributed by atoms with E-state index in [1.165, 1.54) is 82.6 Å². The number of aromatic nitrogens is 2. The Kier molecular flexibility index (Phi) is 8.55. The summed E-state index contributed by atoms with van der Waals surface area (Å²) in [5.74, 6) is 0.705. The van der Waals surface area contributed by atoms with Crippen molar-refractivity contribution in [1.82, 2.24) is 9.97 Å². The molecule has 0 atom stereocenters. The van der Waals surface area contributed by atoms with Crippen molar-refractivity contribution in [2.24, 2.45) is 0 Å². The van der Waals surface area contributed by atoms with E-state index in [1.807, 2.05) is 18.2 Å². The molecule has 1 aliphatic rings. The molecule has 11 aromatic rings. The Hall–Kier alpha value is -7.94. The van der Waals surface area contributed by atoms with E-state index in [-0.39, 0.29) is 5.41 Å². The molecule has 0 bridgehead atoms. The van der Waals surface area contributed by atoms with Gasteiger partial charge in [-0.3, -0.25) is 0 Å². The van der Waals surface area contributed by atoms with Gasteiger partial charge in [-0.25, -0.2) is 9.97 Å². The fraction of sp³-hybridized carbons (Fsp3) is 0.0492. The van der Waals surface area contributed by atoms with E-state index >= 15 is 0 Å². The van der Waals surface area contributed by atoms with Crippen molar-refractivity contribution >= 4 is 32.3 Å². The van der Waals surface area contributed by atoms with Crippen LogP contribution in [0.25, 0.3) is 111 Å². The van der Waals surface area contributed by atoms with Gasteiger partial charge in [0.15, 0.2) is 5.82 Å². The lowest BCUT2D eigenvalue weighted by molar-refractivity contribution is 0.661. The minimum absolute atomic E-state index is 0.111. The maximum Gasteiger partial charge on any atom is 0.160 e. The van der Waals surface area contributed by atoms with Crippen molar-refractivity contribution in [1.29, 1.82) is 0 Å². The lowest BCUT2D eigenvalue weighted by Crippen LogP contribution is -2.14. The third-order valence-corrected chi connectivity index (χ3v) is 13.3. The number of rotatable bonds is 6. The predicted molar refractivity (Wildman–Crippen MR) is 265 cm³/mol. The summed E-state index contributed by atoms with van der Waals surface area (Å²) in [6, 6.07) is 79.0. The molecule has 0 unspecified atom stereocenters. The third-order valence-electron chi connectivity index (χ3n) is 13.3. The Morgan fingerprint density at radius 3 is 1.43 bits per heavy atom. The minimum atomic E-state index is -0.111. The van der Waals surface area contributed by atoms with Crippen LogP contribution in [0.2, 0.25) is 0 Å². The highest BCUT2D eigenvalue weighted by atomic mass is 14.9. The van der Waals surface area contributed by atoms with Crippen LogP contribution in [0, 0.1) is 0 Å². The van der Waals surface area contributed by atoms with Crippen molar-refractivity contribution in [3.63, 3.8) is 0 Å². The lowest BCUT2D eigenvalue weighted by atomic mass is 9.81. The first-order valence-corrected chi connectivity index (χ1v) is 21.8. The van der Waals surface area contributed by atoms with Crippen molar-refractivity contribution < 1.29 is 0 Å². The van der Waals surface area contributed by atoms with Gasteiger partial charge in [-0.1, -0.05) is 226 Å².